The van der Waals surface area contributed by atoms with Gasteiger partial charge >= 0.3 is 0 Å². The summed E-state index contributed by atoms with van der Waals surface area (Å²) in [6.45, 7) is 0. The number of hydrogen-bond acceptors (Lipinski definition) is 4. The maximum atomic E-state index is 14.0. The van der Waals surface area contributed by atoms with Crippen molar-refractivity contribution in [2.45, 2.75) is 18.0 Å². The van der Waals surface area contributed by atoms with Crippen LogP contribution in [0.1, 0.15) is 11.1 Å². The second kappa shape index (κ2) is 7.53. The van der Waals surface area contributed by atoms with Gasteiger partial charge in [-0.25, -0.2) is 4.90 Å². The van der Waals surface area contributed by atoms with E-state index >= 15 is 0 Å². The number of nitrogens with one attached hydrogen (secondary N) is 3. The van der Waals surface area contributed by atoms with Gasteiger partial charge in [0, 0.05) is 39.4 Å². The number of aromatic amines is 1. The number of para-hydroxylation sites is 2. The topological polar surface area (TPSA) is 94.3 Å². The number of H-pyrrole nitrogens is 1. The molecule has 0 unspecified atom stereocenters. The first-order valence-electron chi connectivity index (χ1n) is 11.9. The summed E-state index contributed by atoms with van der Waals surface area (Å²) in [6.07, 6.45) is 2.41. The van der Waals surface area contributed by atoms with Crippen LogP contribution in [-0.4, -0.2) is 28.7 Å². The minimum atomic E-state index is -1.34. The van der Waals surface area contributed by atoms with E-state index in [0.29, 0.717) is 28.4 Å². The van der Waals surface area contributed by atoms with E-state index in [2.05, 4.69) is 15.6 Å². The molecule has 7 nitrogen and oxygen atoms in total. The van der Waals surface area contributed by atoms with E-state index in [9.17, 15) is 14.4 Å². The quantitative estimate of drug-likeness (QED) is 0.374. The second-order valence-electron chi connectivity index (χ2n) is 9.62. The number of nitrogens with zero attached hydrogens (tertiary/aromatic N) is 1. The number of aromatic nitrogens is 1. The van der Waals surface area contributed by atoms with E-state index in [0.717, 1.165) is 16.5 Å². The Morgan fingerprint density at radius 1 is 0.917 bits per heavy atom. The molecule has 1 spiro atoms. The van der Waals surface area contributed by atoms with E-state index < -0.39 is 29.3 Å². The van der Waals surface area contributed by atoms with Crippen molar-refractivity contribution in [3.05, 3.63) is 95.1 Å². The third kappa shape index (κ3) is 2.75. The lowest BCUT2D eigenvalue weighted by Crippen LogP contribution is -2.53. The van der Waals surface area contributed by atoms with Gasteiger partial charge in [0.25, 0.3) is 0 Å². The molecule has 178 valence electrons. The van der Waals surface area contributed by atoms with Crippen LogP contribution < -0.4 is 15.5 Å². The Balaban J connectivity index is 1.38. The summed E-state index contributed by atoms with van der Waals surface area (Å²) >= 11 is 6.20. The molecule has 7 rings (SSSR count). The zero-order valence-corrected chi connectivity index (χ0v) is 19.8. The minimum absolute atomic E-state index is 0.311. The normalized spacial score (nSPS) is 26.6. The van der Waals surface area contributed by atoms with Crippen molar-refractivity contribution in [3.63, 3.8) is 0 Å². The molecule has 3 aliphatic heterocycles. The monoisotopic (exact) mass is 496 g/mol. The van der Waals surface area contributed by atoms with Crippen molar-refractivity contribution in [3.8, 4) is 0 Å². The molecular weight excluding hydrogens is 476 g/mol. The van der Waals surface area contributed by atoms with Gasteiger partial charge in [0.1, 0.15) is 5.54 Å². The molecule has 1 aromatic heterocycles. The molecule has 3 aliphatic rings. The third-order valence-electron chi connectivity index (χ3n) is 7.80. The fourth-order valence-corrected chi connectivity index (χ4v) is 6.52. The number of benzene rings is 3. The van der Waals surface area contributed by atoms with Crippen LogP contribution in [0.4, 0.5) is 11.4 Å². The Morgan fingerprint density at radius 3 is 2.58 bits per heavy atom. The summed E-state index contributed by atoms with van der Waals surface area (Å²) < 4.78 is 0. The smallest absolute Gasteiger partial charge is 0.250 e. The average molecular weight is 497 g/mol. The number of carbonyl (C=O) groups excluding carboxylic acids is 3. The van der Waals surface area contributed by atoms with Crippen LogP contribution in [0.3, 0.4) is 0 Å². The van der Waals surface area contributed by atoms with Gasteiger partial charge in [0.2, 0.25) is 17.7 Å². The van der Waals surface area contributed by atoms with Crippen LogP contribution in [0.15, 0.2) is 79.0 Å². The predicted octanol–water partition coefficient (Wildman–Crippen LogP) is 3.99. The molecule has 3 N–H and O–H groups in total. The molecule has 3 amide bonds. The molecule has 8 heteroatoms. The fourth-order valence-electron chi connectivity index (χ4n) is 6.34. The van der Waals surface area contributed by atoms with Gasteiger partial charge in [0.15, 0.2) is 0 Å². The Morgan fingerprint density at radius 2 is 1.72 bits per heavy atom. The van der Waals surface area contributed by atoms with Crippen LogP contribution in [0.2, 0.25) is 5.02 Å². The molecule has 4 aromatic rings. The average Bonchev–Trinajstić information content (AvgIpc) is 3.58. The van der Waals surface area contributed by atoms with Gasteiger partial charge in [0.05, 0.1) is 17.5 Å². The minimum Gasteiger partial charge on any atom is -0.361 e. The second-order valence-corrected chi connectivity index (χ2v) is 10.1. The molecule has 0 saturated carbocycles. The van der Waals surface area contributed by atoms with Gasteiger partial charge < -0.3 is 10.3 Å². The number of hydrogen-bond donors (Lipinski definition) is 3. The molecule has 2 saturated heterocycles. The Labute approximate surface area is 211 Å². The Kier molecular flexibility index (Phi) is 4.46. The predicted molar refractivity (Wildman–Crippen MR) is 137 cm³/mol. The first kappa shape index (κ1) is 21.4. The maximum Gasteiger partial charge on any atom is 0.250 e. The SMILES string of the molecule is O=C1[C@H]2[C@@H](C(=O)N1c1cccc(Cl)c1)[C@]1(N[C@@H]2Cc2c[nH]c3ccccc23)C(=O)Nc2ccccc21. The zero-order valence-electron chi connectivity index (χ0n) is 19.0. The summed E-state index contributed by atoms with van der Waals surface area (Å²) in [5.41, 5.74) is 2.45. The molecule has 3 aromatic carbocycles. The standard InChI is InChI=1S/C28H21ClN4O3/c29-16-6-5-7-17(13-16)33-25(34)23-22(12-15-14-30-20-10-3-1-8-18(15)20)32-28(24(23)26(33)35)19-9-2-4-11-21(19)31-27(28)36/h1-11,13-14,22-24,30,32H,12H2,(H,31,36)/t22-,23-,24+,28+/m1/s1. The first-order chi connectivity index (χ1) is 17.5. The van der Waals surface area contributed by atoms with Crippen LogP contribution in [0, 0.1) is 11.8 Å². The van der Waals surface area contributed by atoms with Gasteiger partial charge in [-0.05, 0) is 42.3 Å². The number of amides is 3. The summed E-state index contributed by atoms with van der Waals surface area (Å²) in [7, 11) is 0. The summed E-state index contributed by atoms with van der Waals surface area (Å²) in [5, 5.41) is 7.92. The molecular formula is C28H21ClN4O3. The summed E-state index contributed by atoms with van der Waals surface area (Å²) in [5.74, 6) is -2.63. The lowest BCUT2D eigenvalue weighted by atomic mass is 9.76. The number of fused-ring (bicyclic) bond motifs is 5. The molecule has 4 heterocycles. The number of imide groups is 1. The van der Waals surface area contributed by atoms with Gasteiger partial charge in [-0.15, -0.1) is 0 Å². The lowest BCUT2D eigenvalue weighted by Gasteiger charge is -2.29. The van der Waals surface area contributed by atoms with Crippen molar-refractivity contribution in [2.24, 2.45) is 11.8 Å². The van der Waals surface area contributed by atoms with E-state index in [4.69, 9.17) is 11.6 Å². The lowest BCUT2D eigenvalue weighted by molar-refractivity contribution is -0.130. The highest BCUT2D eigenvalue weighted by Crippen LogP contribution is 2.54. The molecule has 4 atom stereocenters. The van der Waals surface area contributed by atoms with Crippen molar-refractivity contribution >= 4 is 51.6 Å². The van der Waals surface area contributed by atoms with E-state index in [1.165, 1.54) is 4.90 Å². The van der Waals surface area contributed by atoms with Crippen LogP contribution in [0.5, 0.6) is 0 Å². The van der Waals surface area contributed by atoms with Crippen molar-refractivity contribution in [1.29, 1.82) is 0 Å². The highest BCUT2D eigenvalue weighted by molar-refractivity contribution is 6.31. The van der Waals surface area contributed by atoms with Crippen LogP contribution in [-0.2, 0) is 26.3 Å². The van der Waals surface area contributed by atoms with E-state index in [1.54, 1.807) is 24.3 Å². The van der Waals surface area contributed by atoms with Gasteiger partial charge in [-0.1, -0.05) is 54.1 Å². The third-order valence-corrected chi connectivity index (χ3v) is 8.04. The molecule has 36 heavy (non-hydrogen) atoms. The van der Waals surface area contributed by atoms with Gasteiger partial charge in [-0.2, -0.15) is 0 Å². The highest BCUT2D eigenvalue weighted by Gasteiger charge is 2.70. The summed E-state index contributed by atoms with van der Waals surface area (Å²) in [4.78, 5) is 46.1. The number of anilines is 2. The van der Waals surface area contributed by atoms with Crippen molar-refractivity contribution in [2.75, 3.05) is 10.2 Å². The number of rotatable bonds is 3. The largest absolute Gasteiger partial charge is 0.361 e. The Bertz CT molecular complexity index is 1600. The van der Waals surface area contributed by atoms with Crippen molar-refractivity contribution in [1.82, 2.24) is 10.3 Å². The van der Waals surface area contributed by atoms with Crippen LogP contribution in [0.25, 0.3) is 10.9 Å². The maximum absolute atomic E-state index is 14.0. The number of halogens is 1. The first-order valence-corrected chi connectivity index (χ1v) is 12.2. The molecule has 2 fully saturated rings. The summed E-state index contributed by atoms with van der Waals surface area (Å²) in [6, 6.07) is 21.6. The molecule has 0 radical (unpaired) electrons. The number of carbonyl (C=O) groups is 3. The Hall–Kier alpha value is -3.94. The van der Waals surface area contributed by atoms with Crippen LogP contribution >= 0.6 is 11.6 Å². The molecule has 0 bridgehead atoms. The van der Waals surface area contributed by atoms with Gasteiger partial charge in [-0.3, -0.25) is 19.7 Å². The van der Waals surface area contributed by atoms with E-state index in [-0.39, 0.29) is 11.8 Å². The highest BCUT2D eigenvalue weighted by atomic mass is 35.5. The van der Waals surface area contributed by atoms with E-state index in [1.807, 2.05) is 54.7 Å². The fraction of sp³-hybridized carbons (Fsp3) is 0.179. The molecule has 0 aliphatic carbocycles. The van der Waals surface area contributed by atoms with Crippen molar-refractivity contribution < 1.29 is 14.4 Å². The zero-order chi connectivity index (χ0) is 24.6.